The molecule has 2 rings (SSSR count). The molecule has 0 fully saturated rings. The van der Waals surface area contributed by atoms with Crippen molar-refractivity contribution in [2.24, 2.45) is 10.8 Å². The van der Waals surface area contributed by atoms with E-state index in [2.05, 4.69) is 32.9 Å². The average Bonchev–Trinajstić information content (AvgIpc) is 2.76. The van der Waals surface area contributed by atoms with E-state index in [0.717, 1.165) is 11.1 Å². The van der Waals surface area contributed by atoms with Crippen LogP contribution in [0.5, 0.6) is 0 Å². The Hall–Kier alpha value is -2.28. The Morgan fingerprint density at radius 2 is 2.11 bits per heavy atom. The lowest BCUT2D eigenvalue weighted by atomic mass is 10.1. The second kappa shape index (κ2) is 5.37. The SMILES string of the molecule is Cc1nnc(-c2ccc(C=NNC(N)=S)cc2)o1. The lowest BCUT2D eigenvalue weighted by Gasteiger charge is -1.97. The lowest BCUT2D eigenvalue weighted by molar-refractivity contribution is 0.533. The molecule has 0 aliphatic rings. The Morgan fingerprint density at radius 1 is 1.39 bits per heavy atom. The van der Waals surface area contributed by atoms with Gasteiger partial charge in [-0.2, -0.15) is 5.10 Å². The summed E-state index contributed by atoms with van der Waals surface area (Å²) in [6, 6.07) is 7.49. The monoisotopic (exact) mass is 261 g/mol. The number of hydrogen-bond donors (Lipinski definition) is 2. The van der Waals surface area contributed by atoms with Crippen LogP contribution in [-0.4, -0.2) is 21.5 Å². The van der Waals surface area contributed by atoms with Crippen molar-refractivity contribution >= 4 is 23.5 Å². The van der Waals surface area contributed by atoms with Gasteiger partial charge < -0.3 is 10.2 Å². The van der Waals surface area contributed by atoms with Gasteiger partial charge in [-0.15, -0.1) is 10.2 Å². The van der Waals surface area contributed by atoms with E-state index in [0.29, 0.717) is 11.8 Å². The van der Waals surface area contributed by atoms with Crippen LogP contribution in [0.4, 0.5) is 0 Å². The summed E-state index contributed by atoms with van der Waals surface area (Å²) in [6.45, 7) is 1.75. The molecule has 3 N–H and O–H groups in total. The summed E-state index contributed by atoms with van der Waals surface area (Å²) >= 11 is 4.62. The molecule has 0 spiro atoms. The highest BCUT2D eigenvalue weighted by Crippen LogP contribution is 2.17. The summed E-state index contributed by atoms with van der Waals surface area (Å²) < 4.78 is 5.32. The van der Waals surface area contributed by atoms with Crippen LogP contribution in [0.1, 0.15) is 11.5 Å². The molecule has 1 heterocycles. The van der Waals surface area contributed by atoms with Crippen LogP contribution in [0, 0.1) is 6.92 Å². The summed E-state index contributed by atoms with van der Waals surface area (Å²) in [5.41, 5.74) is 9.48. The number of benzene rings is 1. The maximum Gasteiger partial charge on any atom is 0.247 e. The fourth-order valence-electron chi connectivity index (χ4n) is 1.30. The van der Waals surface area contributed by atoms with E-state index in [1.807, 2.05) is 24.3 Å². The van der Waals surface area contributed by atoms with Gasteiger partial charge >= 0.3 is 0 Å². The molecule has 92 valence electrons. The first-order valence-electron chi connectivity index (χ1n) is 5.14. The number of thiocarbonyl (C=S) groups is 1. The highest BCUT2D eigenvalue weighted by Gasteiger charge is 2.04. The maximum absolute atomic E-state index is 5.32. The third kappa shape index (κ3) is 3.11. The van der Waals surface area contributed by atoms with E-state index in [1.54, 1.807) is 13.1 Å². The second-order valence-electron chi connectivity index (χ2n) is 3.48. The van der Waals surface area contributed by atoms with E-state index in [9.17, 15) is 0 Å². The number of hydrogen-bond acceptors (Lipinski definition) is 5. The molecular weight excluding hydrogens is 250 g/mol. The molecule has 1 aromatic heterocycles. The number of aromatic nitrogens is 2. The van der Waals surface area contributed by atoms with Crippen molar-refractivity contribution in [1.82, 2.24) is 15.6 Å². The van der Waals surface area contributed by atoms with Gasteiger partial charge in [0.25, 0.3) is 0 Å². The van der Waals surface area contributed by atoms with Crippen LogP contribution in [-0.2, 0) is 0 Å². The Balaban J connectivity index is 2.10. The molecule has 18 heavy (non-hydrogen) atoms. The minimum absolute atomic E-state index is 0.129. The van der Waals surface area contributed by atoms with Crippen molar-refractivity contribution < 1.29 is 4.42 Å². The van der Waals surface area contributed by atoms with Crippen molar-refractivity contribution in [3.05, 3.63) is 35.7 Å². The van der Waals surface area contributed by atoms with E-state index in [4.69, 9.17) is 10.2 Å². The van der Waals surface area contributed by atoms with Crippen LogP contribution >= 0.6 is 12.2 Å². The first kappa shape index (κ1) is 12.2. The number of hydrazone groups is 1. The van der Waals surface area contributed by atoms with Gasteiger partial charge in [-0.05, 0) is 29.9 Å². The van der Waals surface area contributed by atoms with Crippen LogP contribution in [0.2, 0.25) is 0 Å². The Bertz CT molecular complexity index is 575. The summed E-state index contributed by atoms with van der Waals surface area (Å²) in [4.78, 5) is 0. The van der Waals surface area contributed by atoms with Gasteiger partial charge in [-0.3, -0.25) is 5.43 Å². The van der Waals surface area contributed by atoms with E-state index >= 15 is 0 Å². The van der Waals surface area contributed by atoms with E-state index in [1.165, 1.54) is 0 Å². The quantitative estimate of drug-likeness (QED) is 0.490. The van der Waals surface area contributed by atoms with Gasteiger partial charge in [0.05, 0.1) is 6.21 Å². The van der Waals surface area contributed by atoms with Crippen molar-refractivity contribution in [2.45, 2.75) is 6.92 Å². The predicted octanol–water partition coefficient (Wildman–Crippen LogP) is 1.21. The minimum Gasteiger partial charge on any atom is -0.421 e. The van der Waals surface area contributed by atoms with Gasteiger partial charge in [0.15, 0.2) is 5.11 Å². The van der Waals surface area contributed by atoms with Gasteiger partial charge in [0.2, 0.25) is 11.8 Å². The Labute approximate surface area is 109 Å². The van der Waals surface area contributed by atoms with Gasteiger partial charge in [0.1, 0.15) is 0 Å². The second-order valence-corrected chi connectivity index (χ2v) is 3.92. The average molecular weight is 261 g/mol. The van der Waals surface area contributed by atoms with E-state index in [-0.39, 0.29) is 5.11 Å². The molecule has 2 aromatic rings. The molecule has 0 amide bonds. The summed E-state index contributed by atoms with van der Waals surface area (Å²) in [5.74, 6) is 1.04. The Morgan fingerprint density at radius 3 is 2.67 bits per heavy atom. The number of rotatable bonds is 3. The fraction of sp³-hybridized carbons (Fsp3) is 0.0909. The molecule has 0 atom stereocenters. The molecule has 0 saturated carbocycles. The molecule has 0 bridgehead atoms. The zero-order chi connectivity index (χ0) is 13.0. The third-order valence-corrected chi connectivity index (χ3v) is 2.16. The first-order chi connectivity index (χ1) is 8.65. The zero-order valence-electron chi connectivity index (χ0n) is 9.62. The summed E-state index contributed by atoms with van der Waals surface area (Å²) in [5, 5.41) is 11.7. The van der Waals surface area contributed by atoms with Crippen molar-refractivity contribution in [3.8, 4) is 11.5 Å². The first-order valence-corrected chi connectivity index (χ1v) is 5.55. The molecule has 0 unspecified atom stereocenters. The molecule has 6 nitrogen and oxygen atoms in total. The highest BCUT2D eigenvalue weighted by atomic mass is 32.1. The fourth-order valence-corrected chi connectivity index (χ4v) is 1.35. The minimum atomic E-state index is 0.129. The van der Waals surface area contributed by atoms with E-state index < -0.39 is 0 Å². The van der Waals surface area contributed by atoms with Crippen molar-refractivity contribution in [1.29, 1.82) is 0 Å². The molecular formula is C11H11N5OS. The molecule has 1 aromatic carbocycles. The normalized spacial score (nSPS) is 10.7. The molecule has 0 radical (unpaired) electrons. The lowest BCUT2D eigenvalue weighted by Crippen LogP contribution is -2.23. The topological polar surface area (TPSA) is 89.3 Å². The van der Waals surface area contributed by atoms with Crippen molar-refractivity contribution in [3.63, 3.8) is 0 Å². The highest BCUT2D eigenvalue weighted by molar-refractivity contribution is 7.80. The van der Waals surface area contributed by atoms with Gasteiger partial charge in [0, 0.05) is 12.5 Å². The van der Waals surface area contributed by atoms with Gasteiger partial charge in [-0.25, -0.2) is 0 Å². The number of aryl methyl sites for hydroxylation is 1. The van der Waals surface area contributed by atoms with Crippen molar-refractivity contribution in [2.75, 3.05) is 0 Å². The molecule has 0 aliphatic heterocycles. The standard InChI is InChI=1S/C11H11N5OS/c1-7-14-15-10(17-7)9-4-2-8(3-5-9)6-13-16-11(12)18/h2-6H,1H3,(H3,12,16,18). The number of nitrogens with one attached hydrogen (secondary N) is 1. The summed E-state index contributed by atoms with van der Waals surface area (Å²) in [7, 11) is 0. The number of nitrogens with two attached hydrogens (primary N) is 1. The van der Waals surface area contributed by atoms with Crippen LogP contribution < -0.4 is 11.2 Å². The largest absolute Gasteiger partial charge is 0.421 e. The van der Waals surface area contributed by atoms with Crippen LogP contribution in [0.3, 0.4) is 0 Å². The third-order valence-electron chi connectivity index (χ3n) is 2.07. The number of nitrogens with zero attached hydrogens (tertiary/aromatic N) is 3. The maximum atomic E-state index is 5.32. The predicted molar refractivity (Wildman–Crippen MR) is 72.0 cm³/mol. The smallest absolute Gasteiger partial charge is 0.247 e. The molecule has 0 saturated heterocycles. The zero-order valence-corrected chi connectivity index (χ0v) is 10.4. The van der Waals surface area contributed by atoms with Crippen LogP contribution in [0.25, 0.3) is 11.5 Å². The Kier molecular flexibility index (Phi) is 3.63. The van der Waals surface area contributed by atoms with Gasteiger partial charge in [-0.1, -0.05) is 12.1 Å². The molecule has 0 aliphatic carbocycles. The molecule has 7 heteroatoms. The van der Waals surface area contributed by atoms with Crippen LogP contribution in [0.15, 0.2) is 33.8 Å². The summed E-state index contributed by atoms with van der Waals surface area (Å²) in [6.07, 6.45) is 1.61.